The lowest BCUT2D eigenvalue weighted by atomic mass is 10.3. The Labute approximate surface area is 112 Å². The molecule has 0 aliphatic carbocycles. The Morgan fingerprint density at radius 1 is 1.25 bits per heavy atom. The molecule has 0 bridgehead atoms. The van der Waals surface area contributed by atoms with Crippen molar-refractivity contribution >= 4 is 51.3 Å². The normalized spacial score (nSPS) is 10.1. The summed E-state index contributed by atoms with van der Waals surface area (Å²) in [5, 5.41) is 3.96. The third-order valence-corrected chi connectivity index (χ3v) is 3.18. The Morgan fingerprint density at radius 3 is 2.75 bits per heavy atom. The maximum Gasteiger partial charge on any atom is 0.0739 e. The van der Waals surface area contributed by atoms with Crippen LogP contribution in [0.1, 0.15) is 0 Å². The Hall–Kier alpha value is -1.01. The summed E-state index contributed by atoms with van der Waals surface area (Å²) in [6.45, 7) is 0. The quantitative estimate of drug-likeness (QED) is 0.817. The van der Waals surface area contributed by atoms with Crippen LogP contribution in [0.5, 0.6) is 0 Å². The van der Waals surface area contributed by atoms with Crippen LogP contribution in [0.3, 0.4) is 0 Å². The van der Waals surface area contributed by atoms with Crippen LogP contribution < -0.4 is 11.1 Å². The number of aromatic nitrogens is 1. The Kier molecular flexibility index (Phi) is 3.50. The monoisotopic (exact) mass is 345 g/mol. The van der Waals surface area contributed by atoms with Gasteiger partial charge in [0, 0.05) is 14.8 Å². The number of nitrogen functional groups attached to an aromatic ring is 1. The van der Waals surface area contributed by atoms with Gasteiger partial charge in [0.15, 0.2) is 0 Å². The number of nitrogens with one attached hydrogen (secondary N) is 1. The molecule has 1 aromatic carbocycles. The van der Waals surface area contributed by atoms with Crippen molar-refractivity contribution in [3.63, 3.8) is 0 Å². The van der Waals surface area contributed by atoms with Crippen LogP contribution in [0.15, 0.2) is 36.7 Å². The second kappa shape index (κ2) is 4.88. The highest BCUT2D eigenvalue weighted by Crippen LogP contribution is 2.27. The van der Waals surface area contributed by atoms with Crippen molar-refractivity contribution in [1.29, 1.82) is 0 Å². The van der Waals surface area contributed by atoms with E-state index in [9.17, 15) is 0 Å². The van der Waals surface area contributed by atoms with Gasteiger partial charge in [-0.25, -0.2) is 0 Å². The number of hydrogen-bond acceptors (Lipinski definition) is 3. The molecule has 2 rings (SSSR count). The highest BCUT2D eigenvalue weighted by molar-refractivity contribution is 14.1. The van der Waals surface area contributed by atoms with Gasteiger partial charge < -0.3 is 11.1 Å². The summed E-state index contributed by atoms with van der Waals surface area (Å²) >= 11 is 8.11. The number of anilines is 3. The van der Waals surface area contributed by atoms with Gasteiger partial charge in [-0.05, 0) is 46.9 Å². The first-order chi connectivity index (χ1) is 7.66. The van der Waals surface area contributed by atoms with Crippen LogP contribution in [-0.2, 0) is 0 Å². The van der Waals surface area contributed by atoms with E-state index in [-0.39, 0.29) is 0 Å². The summed E-state index contributed by atoms with van der Waals surface area (Å²) in [5.41, 5.74) is 8.23. The molecular weight excluding hydrogens is 336 g/mol. The number of nitrogens with two attached hydrogens (primary N) is 1. The van der Waals surface area contributed by atoms with Gasteiger partial charge in [-0.15, -0.1) is 0 Å². The third-order valence-electron chi connectivity index (χ3n) is 2.05. The van der Waals surface area contributed by atoms with Gasteiger partial charge in [-0.1, -0.05) is 11.6 Å². The first-order valence-corrected chi connectivity index (χ1v) is 6.04. The van der Waals surface area contributed by atoms with E-state index in [0.29, 0.717) is 5.69 Å². The molecule has 0 saturated heterocycles. The molecule has 0 unspecified atom stereocenters. The van der Waals surface area contributed by atoms with Gasteiger partial charge in [-0.3, -0.25) is 4.98 Å². The minimum absolute atomic E-state index is 0.619. The zero-order valence-electron chi connectivity index (χ0n) is 8.24. The number of hydrogen-bond donors (Lipinski definition) is 2. The zero-order chi connectivity index (χ0) is 11.5. The van der Waals surface area contributed by atoms with Gasteiger partial charge in [0.2, 0.25) is 0 Å². The number of halogens is 2. The average molecular weight is 346 g/mol. The first-order valence-electron chi connectivity index (χ1n) is 4.58. The summed E-state index contributed by atoms with van der Waals surface area (Å²) in [6.07, 6.45) is 3.31. The van der Waals surface area contributed by atoms with E-state index < -0.39 is 0 Å². The largest absolute Gasteiger partial charge is 0.396 e. The molecule has 0 radical (unpaired) electrons. The van der Waals surface area contributed by atoms with Gasteiger partial charge in [0.25, 0.3) is 0 Å². The minimum atomic E-state index is 0.619. The molecule has 3 nitrogen and oxygen atoms in total. The molecule has 0 saturated carbocycles. The Balaban J connectivity index is 2.31. The molecule has 82 valence electrons. The molecular formula is C11H9ClIN3. The highest BCUT2D eigenvalue weighted by Gasteiger charge is 2.03. The van der Waals surface area contributed by atoms with Gasteiger partial charge in [0.1, 0.15) is 0 Å². The van der Waals surface area contributed by atoms with Crippen molar-refractivity contribution in [3.8, 4) is 0 Å². The standard InChI is InChI=1S/C11H9ClIN3/c12-7-1-2-10(8(13)5-7)16-11-3-4-15-6-9(11)14/h1-6H,14H2,(H,15,16). The SMILES string of the molecule is Nc1cnccc1Nc1ccc(Cl)cc1I. The molecule has 1 aromatic heterocycles. The lowest BCUT2D eigenvalue weighted by Crippen LogP contribution is -1.98. The third kappa shape index (κ3) is 2.56. The lowest BCUT2D eigenvalue weighted by Gasteiger charge is -2.10. The van der Waals surface area contributed by atoms with Crippen LogP contribution in [0.25, 0.3) is 0 Å². The summed E-state index contributed by atoms with van der Waals surface area (Å²) in [7, 11) is 0. The fourth-order valence-corrected chi connectivity index (χ4v) is 2.26. The molecule has 3 N–H and O–H groups in total. The molecule has 0 aliphatic heterocycles. The smallest absolute Gasteiger partial charge is 0.0739 e. The number of nitrogens with zero attached hydrogens (tertiary/aromatic N) is 1. The van der Waals surface area contributed by atoms with Crippen molar-refractivity contribution in [3.05, 3.63) is 45.3 Å². The summed E-state index contributed by atoms with van der Waals surface area (Å²) in [4.78, 5) is 3.94. The molecule has 2 aromatic rings. The van der Waals surface area contributed by atoms with Crippen molar-refractivity contribution in [2.45, 2.75) is 0 Å². The summed E-state index contributed by atoms with van der Waals surface area (Å²) < 4.78 is 1.04. The molecule has 16 heavy (non-hydrogen) atoms. The molecule has 0 atom stereocenters. The van der Waals surface area contributed by atoms with E-state index >= 15 is 0 Å². The molecule has 1 heterocycles. The maximum atomic E-state index is 5.88. The Bertz CT molecular complexity index is 516. The molecule has 0 aliphatic rings. The fraction of sp³-hybridized carbons (Fsp3) is 0. The predicted molar refractivity (Wildman–Crippen MR) is 76.1 cm³/mol. The summed E-state index contributed by atoms with van der Waals surface area (Å²) in [6, 6.07) is 7.48. The highest BCUT2D eigenvalue weighted by atomic mass is 127. The van der Waals surface area contributed by atoms with Gasteiger partial charge in [0.05, 0.1) is 23.3 Å². The van der Waals surface area contributed by atoms with E-state index in [1.165, 1.54) is 0 Å². The molecule has 0 fully saturated rings. The van der Waals surface area contributed by atoms with Crippen LogP contribution in [-0.4, -0.2) is 4.98 Å². The second-order valence-corrected chi connectivity index (χ2v) is 4.81. The minimum Gasteiger partial charge on any atom is -0.396 e. The van der Waals surface area contributed by atoms with Crippen LogP contribution in [0.4, 0.5) is 17.1 Å². The molecule has 0 spiro atoms. The van der Waals surface area contributed by atoms with Crippen LogP contribution >= 0.6 is 34.2 Å². The first kappa shape index (κ1) is 11.5. The van der Waals surface area contributed by atoms with Gasteiger partial charge >= 0.3 is 0 Å². The second-order valence-electron chi connectivity index (χ2n) is 3.21. The zero-order valence-corrected chi connectivity index (χ0v) is 11.2. The lowest BCUT2D eigenvalue weighted by molar-refractivity contribution is 1.33. The number of pyridine rings is 1. The van der Waals surface area contributed by atoms with E-state index in [1.807, 2.05) is 24.3 Å². The number of benzene rings is 1. The van der Waals surface area contributed by atoms with Crippen molar-refractivity contribution in [1.82, 2.24) is 4.98 Å². The fourth-order valence-electron chi connectivity index (χ4n) is 1.26. The van der Waals surface area contributed by atoms with E-state index in [0.717, 1.165) is 20.0 Å². The van der Waals surface area contributed by atoms with E-state index in [2.05, 4.69) is 32.9 Å². The van der Waals surface area contributed by atoms with Gasteiger partial charge in [-0.2, -0.15) is 0 Å². The van der Waals surface area contributed by atoms with Crippen LogP contribution in [0.2, 0.25) is 5.02 Å². The maximum absolute atomic E-state index is 5.88. The van der Waals surface area contributed by atoms with E-state index in [1.54, 1.807) is 12.4 Å². The number of rotatable bonds is 2. The van der Waals surface area contributed by atoms with Crippen molar-refractivity contribution < 1.29 is 0 Å². The van der Waals surface area contributed by atoms with Crippen molar-refractivity contribution in [2.75, 3.05) is 11.1 Å². The van der Waals surface area contributed by atoms with Crippen LogP contribution in [0, 0.1) is 3.57 Å². The molecule has 5 heteroatoms. The summed E-state index contributed by atoms with van der Waals surface area (Å²) in [5.74, 6) is 0. The Morgan fingerprint density at radius 2 is 2.06 bits per heavy atom. The molecule has 0 amide bonds. The predicted octanol–water partition coefficient (Wildman–Crippen LogP) is 3.67. The van der Waals surface area contributed by atoms with E-state index in [4.69, 9.17) is 17.3 Å². The average Bonchev–Trinajstić information content (AvgIpc) is 2.25. The van der Waals surface area contributed by atoms with Crippen molar-refractivity contribution in [2.24, 2.45) is 0 Å². The topological polar surface area (TPSA) is 50.9 Å².